The number of hydrogen-bond acceptors (Lipinski definition) is 2. The van der Waals surface area contributed by atoms with Crippen molar-refractivity contribution in [2.75, 3.05) is 13.7 Å². The van der Waals surface area contributed by atoms with E-state index in [4.69, 9.17) is 0 Å². The van der Waals surface area contributed by atoms with Gasteiger partial charge < -0.3 is 9.72 Å². The van der Waals surface area contributed by atoms with Crippen LogP contribution in [0, 0.1) is 0 Å². The smallest absolute Gasteiger partial charge is 0.166 e. The van der Waals surface area contributed by atoms with Gasteiger partial charge in [-0.2, -0.15) is 0 Å². The van der Waals surface area contributed by atoms with Gasteiger partial charge in [0.25, 0.3) is 0 Å². The first-order valence-electron chi connectivity index (χ1n) is 4.93. The van der Waals surface area contributed by atoms with Crippen LogP contribution in [0.25, 0.3) is 10.9 Å². The molecule has 2 aromatic rings. The number of aldehydes is 1. The Hall–Kier alpha value is -1.13. The summed E-state index contributed by atoms with van der Waals surface area (Å²) in [4.78, 5) is 13.4. The fraction of sp³-hybridized carbons (Fsp3) is 0.250. The summed E-state index contributed by atoms with van der Waals surface area (Å²) in [6.07, 6.45) is 0.813. The predicted molar refractivity (Wildman–Crippen MR) is 68.9 cm³/mol. The number of methoxy groups -OCH3 is 1. The van der Waals surface area contributed by atoms with Crippen molar-refractivity contribution in [1.29, 1.82) is 0 Å². The van der Waals surface area contributed by atoms with Gasteiger partial charge in [0.15, 0.2) is 6.29 Å². The van der Waals surface area contributed by atoms with Crippen LogP contribution in [0.3, 0.4) is 0 Å². The summed E-state index contributed by atoms with van der Waals surface area (Å²) in [6, 6.07) is 7.67. The second-order valence-corrected chi connectivity index (χ2v) is 4.07. The lowest BCUT2D eigenvalue weighted by molar-refractivity contribution is 0.112. The molecule has 0 saturated heterocycles. The Morgan fingerprint density at radius 1 is 1.44 bits per heavy atom. The maximum absolute atomic E-state index is 10.4. The Bertz CT molecular complexity index is 463. The largest absolute Gasteiger partial charge is 0.385 e. The molecule has 1 aromatic heterocycles. The van der Waals surface area contributed by atoms with Gasteiger partial charge >= 0.3 is 0 Å². The van der Waals surface area contributed by atoms with Crippen LogP contribution in [0.5, 0.6) is 0 Å². The zero-order chi connectivity index (χ0) is 12.0. The molecule has 0 aliphatic rings. The van der Waals surface area contributed by atoms with Gasteiger partial charge in [0.2, 0.25) is 0 Å². The first-order chi connectivity index (χ1) is 7.71. The molecule has 0 spiro atoms. The van der Waals surface area contributed by atoms with E-state index in [9.17, 15) is 4.79 Å². The van der Waals surface area contributed by atoms with Crippen LogP contribution in [0.15, 0.2) is 28.7 Å². The number of ether oxygens (including phenoxy) is 1. The molecule has 1 heterocycles. The maximum atomic E-state index is 10.4. The van der Waals surface area contributed by atoms with E-state index in [2.05, 4.69) is 25.7 Å². The quantitative estimate of drug-likeness (QED) is 0.859. The lowest BCUT2D eigenvalue weighted by Crippen LogP contribution is -1.74. The van der Waals surface area contributed by atoms with Crippen molar-refractivity contribution in [3.8, 4) is 0 Å². The summed E-state index contributed by atoms with van der Waals surface area (Å²) in [5.41, 5.74) is 1.60. The third kappa shape index (κ3) is 3.47. The van der Waals surface area contributed by atoms with E-state index in [-0.39, 0.29) is 0 Å². The summed E-state index contributed by atoms with van der Waals surface area (Å²) in [7, 11) is 1.68. The van der Waals surface area contributed by atoms with Gasteiger partial charge in [0.05, 0.1) is 5.69 Å². The number of rotatable bonds is 2. The van der Waals surface area contributed by atoms with Crippen LogP contribution in [0.2, 0.25) is 0 Å². The predicted octanol–water partition coefficient (Wildman–Crippen LogP) is 3.40. The van der Waals surface area contributed by atoms with Crippen molar-refractivity contribution in [2.24, 2.45) is 0 Å². The Labute approximate surface area is 103 Å². The second-order valence-electron chi connectivity index (χ2n) is 3.15. The lowest BCUT2D eigenvalue weighted by Gasteiger charge is -1.88. The van der Waals surface area contributed by atoms with Crippen molar-refractivity contribution in [3.05, 3.63) is 34.4 Å². The number of hydrogen-bond donors (Lipinski definition) is 1. The molecule has 0 radical (unpaired) electrons. The average Bonchev–Trinajstić information content (AvgIpc) is 2.71. The number of benzene rings is 1. The lowest BCUT2D eigenvalue weighted by atomic mass is 10.2. The molecule has 0 bridgehead atoms. The number of aromatic nitrogens is 1. The van der Waals surface area contributed by atoms with Crippen LogP contribution in [0.4, 0.5) is 0 Å². The van der Waals surface area contributed by atoms with Crippen LogP contribution < -0.4 is 0 Å². The molecule has 0 unspecified atom stereocenters. The molecule has 16 heavy (non-hydrogen) atoms. The molecule has 0 amide bonds. The summed E-state index contributed by atoms with van der Waals surface area (Å²) in [6.45, 7) is 2.78. The molecule has 2 rings (SSSR count). The van der Waals surface area contributed by atoms with E-state index in [1.165, 1.54) is 0 Å². The third-order valence-electron chi connectivity index (χ3n) is 2.02. The Morgan fingerprint density at radius 2 is 2.12 bits per heavy atom. The van der Waals surface area contributed by atoms with E-state index in [0.717, 1.165) is 28.3 Å². The highest BCUT2D eigenvalue weighted by Crippen LogP contribution is 2.19. The molecule has 4 heteroatoms. The number of carbonyl (C=O) groups excluding carboxylic acids is 1. The van der Waals surface area contributed by atoms with Gasteiger partial charge in [-0.25, -0.2) is 0 Å². The monoisotopic (exact) mass is 283 g/mol. The van der Waals surface area contributed by atoms with Crippen molar-refractivity contribution in [1.82, 2.24) is 4.98 Å². The molecule has 0 saturated carbocycles. The summed E-state index contributed by atoms with van der Waals surface area (Å²) in [5.74, 6) is 0. The first kappa shape index (κ1) is 12.9. The Kier molecular flexibility index (Phi) is 5.22. The van der Waals surface area contributed by atoms with Gasteiger partial charge in [-0.1, -0.05) is 15.9 Å². The molecular formula is C12H14BrNO2. The average molecular weight is 284 g/mol. The molecule has 0 fully saturated rings. The molecule has 1 N–H and O–H groups in total. The SMILES string of the molecule is CCOC.O=Cc1cc2cc(Br)ccc2[nH]1. The van der Waals surface area contributed by atoms with Crippen LogP contribution >= 0.6 is 15.9 Å². The molecule has 0 aliphatic heterocycles. The molecule has 3 nitrogen and oxygen atoms in total. The van der Waals surface area contributed by atoms with Crippen molar-refractivity contribution < 1.29 is 9.53 Å². The number of nitrogens with one attached hydrogen (secondary N) is 1. The van der Waals surface area contributed by atoms with E-state index >= 15 is 0 Å². The van der Waals surface area contributed by atoms with Gasteiger partial charge in [0.1, 0.15) is 0 Å². The minimum atomic E-state index is 0.614. The Balaban J connectivity index is 0.000000280. The molecule has 1 aromatic carbocycles. The summed E-state index contributed by atoms with van der Waals surface area (Å²) in [5, 5.41) is 1.05. The normalized spacial score (nSPS) is 9.69. The van der Waals surface area contributed by atoms with Crippen molar-refractivity contribution >= 4 is 33.1 Å². The highest BCUT2D eigenvalue weighted by atomic mass is 79.9. The van der Waals surface area contributed by atoms with Gasteiger partial charge in [-0.3, -0.25) is 4.79 Å². The Morgan fingerprint density at radius 3 is 2.69 bits per heavy atom. The third-order valence-corrected chi connectivity index (χ3v) is 2.51. The highest BCUT2D eigenvalue weighted by molar-refractivity contribution is 9.10. The van der Waals surface area contributed by atoms with Crippen LogP contribution in [-0.4, -0.2) is 25.0 Å². The summed E-state index contributed by atoms with van der Waals surface area (Å²) >= 11 is 3.36. The molecule has 86 valence electrons. The maximum Gasteiger partial charge on any atom is 0.166 e. The standard InChI is InChI=1S/C9H6BrNO.C3H8O/c10-7-1-2-9-6(3-7)4-8(5-12)11-9;1-3-4-2/h1-5,11H;3H2,1-2H3. The minimum Gasteiger partial charge on any atom is -0.385 e. The highest BCUT2D eigenvalue weighted by Gasteiger charge is 1.98. The number of fused-ring (bicyclic) bond motifs is 1. The minimum absolute atomic E-state index is 0.614. The zero-order valence-corrected chi connectivity index (χ0v) is 10.9. The van der Waals surface area contributed by atoms with E-state index in [0.29, 0.717) is 5.69 Å². The van der Waals surface area contributed by atoms with Gasteiger partial charge in [0, 0.05) is 29.1 Å². The van der Waals surface area contributed by atoms with E-state index in [1.807, 2.05) is 31.2 Å². The van der Waals surface area contributed by atoms with E-state index < -0.39 is 0 Å². The van der Waals surface area contributed by atoms with Crippen LogP contribution in [0.1, 0.15) is 17.4 Å². The number of H-pyrrole nitrogens is 1. The van der Waals surface area contributed by atoms with Crippen molar-refractivity contribution in [3.63, 3.8) is 0 Å². The molecular weight excluding hydrogens is 270 g/mol. The molecule has 0 aliphatic carbocycles. The number of aromatic amines is 1. The van der Waals surface area contributed by atoms with Gasteiger partial charge in [-0.05, 0) is 31.2 Å². The fourth-order valence-electron chi connectivity index (χ4n) is 1.19. The number of halogens is 1. The van der Waals surface area contributed by atoms with Crippen molar-refractivity contribution in [2.45, 2.75) is 6.92 Å². The fourth-order valence-corrected chi connectivity index (χ4v) is 1.57. The topological polar surface area (TPSA) is 42.1 Å². The van der Waals surface area contributed by atoms with E-state index in [1.54, 1.807) is 7.11 Å². The molecule has 0 atom stereocenters. The van der Waals surface area contributed by atoms with Gasteiger partial charge in [-0.15, -0.1) is 0 Å². The number of carbonyl (C=O) groups is 1. The first-order valence-corrected chi connectivity index (χ1v) is 5.73. The zero-order valence-electron chi connectivity index (χ0n) is 9.29. The second kappa shape index (κ2) is 6.45. The summed E-state index contributed by atoms with van der Waals surface area (Å²) < 4.78 is 5.56. The van der Waals surface area contributed by atoms with Crippen LogP contribution in [-0.2, 0) is 4.74 Å².